The monoisotopic (exact) mass is 233 g/mol. The maximum atomic E-state index is 10.2. The average molecular weight is 234 g/mol. The number of halogens is 1. The summed E-state index contributed by atoms with van der Waals surface area (Å²) >= 11 is 2.90. The lowest BCUT2D eigenvalue weighted by atomic mass is 10.3. The molecule has 0 amide bonds. The van der Waals surface area contributed by atoms with E-state index >= 15 is 0 Å². The van der Waals surface area contributed by atoms with Crippen LogP contribution in [0, 0.1) is 10.1 Å². The van der Waals surface area contributed by atoms with Crippen LogP contribution in [0.15, 0.2) is 16.6 Å². The Morgan fingerprint density at radius 2 is 1.92 bits per heavy atom. The van der Waals surface area contributed by atoms with Gasteiger partial charge in [0.2, 0.25) is 0 Å². The molecule has 0 aliphatic carbocycles. The molecule has 0 radical (unpaired) electrons. The van der Waals surface area contributed by atoms with Crippen LogP contribution in [0.4, 0.5) is 5.69 Å². The van der Waals surface area contributed by atoms with Crippen LogP contribution in [0.3, 0.4) is 0 Å². The molecule has 0 spiro atoms. The number of hydrogen-bond acceptors (Lipinski definition) is 4. The number of rotatable bonds is 1. The van der Waals surface area contributed by atoms with Gasteiger partial charge in [0.1, 0.15) is 5.75 Å². The highest BCUT2D eigenvalue weighted by Crippen LogP contribution is 2.35. The van der Waals surface area contributed by atoms with E-state index in [0.717, 1.165) is 12.1 Å². The number of nitrogens with zero attached hydrogens (tertiary/aromatic N) is 1. The summed E-state index contributed by atoms with van der Waals surface area (Å²) in [5.74, 6) is -0.760. The van der Waals surface area contributed by atoms with Crippen LogP contribution in [0.1, 0.15) is 0 Å². The minimum Gasteiger partial charge on any atom is -0.507 e. The molecular formula is C6H4BrNO4. The quantitative estimate of drug-likeness (QED) is 0.440. The Kier molecular flexibility index (Phi) is 2.18. The van der Waals surface area contributed by atoms with Crippen molar-refractivity contribution in [1.29, 1.82) is 0 Å². The molecule has 6 heteroatoms. The van der Waals surface area contributed by atoms with Crippen LogP contribution in [-0.2, 0) is 0 Å². The molecule has 0 saturated heterocycles. The van der Waals surface area contributed by atoms with E-state index in [1.807, 2.05) is 0 Å². The second-order valence-electron chi connectivity index (χ2n) is 2.05. The van der Waals surface area contributed by atoms with Gasteiger partial charge in [0, 0.05) is 6.07 Å². The molecule has 0 saturated carbocycles. The maximum Gasteiger partial charge on any atom is 0.314 e. The van der Waals surface area contributed by atoms with E-state index in [4.69, 9.17) is 10.2 Å². The molecule has 0 heterocycles. The molecular weight excluding hydrogens is 230 g/mol. The normalized spacial score (nSPS) is 9.75. The topological polar surface area (TPSA) is 83.6 Å². The van der Waals surface area contributed by atoms with E-state index in [1.165, 1.54) is 0 Å². The largest absolute Gasteiger partial charge is 0.507 e. The lowest BCUT2D eigenvalue weighted by molar-refractivity contribution is -0.386. The van der Waals surface area contributed by atoms with Gasteiger partial charge < -0.3 is 10.2 Å². The van der Waals surface area contributed by atoms with Gasteiger partial charge in [-0.05, 0) is 15.9 Å². The minimum atomic E-state index is -0.776. The van der Waals surface area contributed by atoms with Crippen LogP contribution in [0.2, 0.25) is 0 Å². The Hall–Kier alpha value is -1.30. The lowest BCUT2D eigenvalue weighted by Crippen LogP contribution is -1.88. The van der Waals surface area contributed by atoms with Crippen LogP contribution in [0.25, 0.3) is 0 Å². The molecule has 0 aliphatic rings. The van der Waals surface area contributed by atoms with Crippen LogP contribution >= 0.6 is 15.9 Å². The van der Waals surface area contributed by atoms with E-state index in [-0.39, 0.29) is 10.2 Å². The maximum absolute atomic E-state index is 10.2. The van der Waals surface area contributed by atoms with Crippen molar-refractivity contribution >= 4 is 21.6 Å². The number of aromatic hydroxyl groups is 2. The molecule has 0 atom stereocenters. The smallest absolute Gasteiger partial charge is 0.314 e. The summed E-state index contributed by atoms with van der Waals surface area (Å²) in [6.45, 7) is 0. The molecule has 0 aliphatic heterocycles. The fourth-order valence-electron chi connectivity index (χ4n) is 0.687. The van der Waals surface area contributed by atoms with Crippen molar-refractivity contribution in [1.82, 2.24) is 0 Å². The summed E-state index contributed by atoms with van der Waals surface area (Å²) in [6, 6.07) is 1.94. The zero-order chi connectivity index (χ0) is 9.30. The highest BCUT2D eigenvalue weighted by Gasteiger charge is 2.15. The predicted octanol–water partition coefficient (Wildman–Crippen LogP) is 1.77. The predicted molar refractivity (Wildman–Crippen MR) is 44.1 cm³/mol. The summed E-state index contributed by atoms with van der Waals surface area (Å²) in [5.41, 5.74) is -0.518. The van der Waals surface area contributed by atoms with Crippen molar-refractivity contribution in [2.24, 2.45) is 0 Å². The van der Waals surface area contributed by atoms with Gasteiger partial charge in [0.25, 0.3) is 0 Å². The Morgan fingerprint density at radius 1 is 1.33 bits per heavy atom. The summed E-state index contributed by atoms with van der Waals surface area (Å²) in [6.07, 6.45) is 0. The Morgan fingerprint density at radius 3 is 2.42 bits per heavy atom. The number of nitro groups is 1. The Labute approximate surface area is 75.5 Å². The van der Waals surface area contributed by atoms with E-state index in [9.17, 15) is 10.1 Å². The van der Waals surface area contributed by atoms with Crippen molar-refractivity contribution in [3.05, 3.63) is 26.7 Å². The first-order valence-corrected chi connectivity index (χ1v) is 3.67. The third-order valence-electron chi connectivity index (χ3n) is 1.24. The molecule has 2 N–H and O–H groups in total. The van der Waals surface area contributed by atoms with Crippen LogP contribution < -0.4 is 0 Å². The summed E-state index contributed by atoms with van der Waals surface area (Å²) in [7, 11) is 0. The zero-order valence-corrected chi connectivity index (χ0v) is 7.28. The fourth-order valence-corrected chi connectivity index (χ4v) is 1.02. The molecule has 5 nitrogen and oxygen atoms in total. The number of benzene rings is 1. The van der Waals surface area contributed by atoms with E-state index in [2.05, 4.69) is 15.9 Å². The van der Waals surface area contributed by atoms with Crippen molar-refractivity contribution in [2.75, 3.05) is 0 Å². The molecule has 64 valence electrons. The molecule has 1 aromatic carbocycles. The van der Waals surface area contributed by atoms with Crippen molar-refractivity contribution in [2.45, 2.75) is 0 Å². The zero-order valence-electron chi connectivity index (χ0n) is 5.69. The Balaban J connectivity index is 3.33. The van der Waals surface area contributed by atoms with Gasteiger partial charge >= 0.3 is 5.69 Å². The SMILES string of the molecule is O=[N+]([O-])c1cc(O)c(Br)cc1O. The highest BCUT2D eigenvalue weighted by molar-refractivity contribution is 9.10. The van der Waals surface area contributed by atoms with Gasteiger partial charge in [-0.2, -0.15) is 0 Å². The average Bonchev–Trinajstić information content (AvgIpc) is 1.96. The first kappa shape index (κ1) is 8.79. The fraction of sp³-hybridized carbons (Fsp3) is 0. The Bertz CT molecular complexity index is 339. The number of phenols is 2. The third kappa shape index (κ3) is 1.48. The van der Waals surface area contributed by atoms with Crippen molar-refractivity contribution in [3.63, 3.8) is 0 Å². The number of hydrogen-bond donors (Lipinski definition) is 2. The first-order chi connectivity index (χ1) is 5.52. The lowest BCUT2D eigenvalue weighted by Gasteiger charge is -1.98. The summed E-state index contributed by atoms with van der Waals surface area (Å²) in [5, 5.41) is 28.2. The summed E-state index contributed by atoms with van der Waals surface area (Å²) < 4.78 is 0.214. The van der Waals surface area contributed by atoms with E-state index < -0.39 is 16.4 Å². The standard InChI is InChI=1S/C6H4BrNO4/c7-3-1-6(10)4(8(11)12)2-5(3)9/h1-2,9-10H. The van der Waals surface area contributed by atoms with Gasteiger partial charge in [-0.1, -0.05) is 0 Å². The van der Waals surface area contributed by atoms with Gasteiger partial charge in [0.05, 0.1) is 15.5 Å². The van der Waals surface area contributed by atoms with E-state index in [1.54, 1.807) is 0 Å². The van der Waals surface area contributed by atoms with Gasteiger partial charge in [-0.25, -0.2) is 0 Å². The third-order valence-corrected chi connectivity index (χ3v) is 1.88. The van der Waals surface area contributed by atoms with E-state index in [0.29, 0.717) is 0 Å². The molecule has 1 rings (SSSR count). The van der Waals surface area contributed by atoms with Crippen LogP contribution in [0.5, 0.6) is 11.5 Å². The van der Waals surface area contributed by atoms with Gasteiger partial charge in [-0.15, -0.1) is 0 Å². The van der Waals surface area contributed by atoms with Crippen molar-refractivity contribution in [3.8, 4) is 11.5 Å². The molecule has 0 aromatic heterocycles. The second kappa shape index (κ2) is 2.98. The highest BCUT2D eigenvalue weighted by atomic mass is 79.9. The van der Waals surface area contributed by atoms with Gasteiger partial charge in [-0.3, -0.25) is 10.1 Å². The van der Waals surface area contributed by atoms with Crippen LogP contribution in [-0.4, -0.2) is 15.1 Å². The second-order valence-corrected chi connectivity index (χ2v) is 2.90. The molecule has 1 aromatic rings. The molecule has 12 heavy (non-hydrogen) atoms. The number of phenolic OH excluding ortho intramolecular Hbond substituents is 2. The molecule has 0 unspecified atom stereocenters. The molecule has 0 fully saturated rings. The summed E-state index contributed by atoms with van der Waals surface area (Å²) in [4.78, 5) is 9.43. The minimum absolute atomic E-state index is 0.214. The first-order valence-electron chi connectivity index (χ1n) is 2.88. The van der Waals surface area contributed by atoms with Gasteiger partial charge in [0.15, 0.2) is 5.75 Å². The van der Waals surface area contributed by atoms with Crippen molar-refractivity contribution < 1.29 is 15.1 Å². The molecule has 0 bridgehead atoms. The number of nitro benzene ring substituents is 1.